The molecule has 2 aliphatic heterocycles. The number of rotatable bonds is 4. The van der Waals surface area contributed by atoms with Crippen LogP contribution >= 0.6 is 0 Å². The molecule has 3 rings (SSSR count). The van der Waals surface area contributed by atoms with E-state index in [-0.39, 0.29) is 0 Å². The zero-order valence-electron chi connectivity index (χ0n) is 14.8. The minimum absolute atomic E-state index is 0.745. The summed E-state index contributed by atoms with van der Waals surface area (Å²) in [6.45, 7) is 9.07. The Morgan fingerprint density at radius 2 is 2.00 bits per heavy atom. The van der Waals surface area contributed by atoms with Gasteiger partial charge in [0.15, 0.2) is 5.96 Å². The van der Waals surface area contributed by atoms with E-state index in [2.05, 4.69) is 34.2 Å². The predicted molar refractivity (Wildman–Crippen MR) is 97.9 cm³/mol. The molecule has 2 fully saturated rings. The highest BCUT2D eigenvalue weighted by Gasteiger charge is 2.30. The van der Waals surface area contributed by atoms with Crippen LogP contribution in [0.4, 0.5) is 0 Å². The molecule has 0 aromatic carbocycles. The van der Waals surface area contributed by atoms with Gasteiger partial charge in [-0.05, 0) is 64.5 Å². The van der Waals surface area contributed by atoms with Gasteiger partial charge in [0.05, 0.1) is 0 Å². The SMILES string of the molecule is CCNC(=NCC1CC=CCC1)N1CCC(N2CCCCC2)C1. The van der Waals surface area contributed by atoms with Gasteiger partial charge < -0.3 is 10.2 Å². The van der Waals surface area contributed by atoms with E-state index in [1.54, 1.807) is 0 Å². The number of guanidine groups is 1. The first-order chi connectivity index (χ1) is 11.4. The molecule has 0 aromatic rings. The van der Waals surface area contributed by atoms with Crippen LogP contribution in [0.25, 0.3) is 0 Å². The standard InChI is InChI=1S/C19H34N4/c1-2-20-19(21-15-17-9-5-3-6-10-17)23-14-11-18(16-23)22-12-7-4-8-13-22/h3,5,17-18H,2,4,6-16H2,1H3,(H,20,21). The molecule has 4 heteroatoms. The Hall–Kier alpha value is -1.03. The van der Waals surface area contributed by atoms with Crippen molar-refractivity contribution in [2.45, 2.75) is 57.9 Å². The number of allylic oxidation sites excluding steroid dienone is 2. The summed E-state index contributed by atoms with van der Waals surface area (Å²) in [6, 6.07) is 0.747. The molecule has 2 unspecified atom stereocenters. The molecule has 4 nitrogen and oxygen atoms in total. The van der Waals surface area contributed by atoms with Crippen molar-refractivity contribution in [3.05, 3.63) is 12.2 Å². The molecule has 0 radical (unpaired) electrons. The summed E-state index contributed by atoms with van der Waals surface area (Å²) in [5.41, 5.74) is 0. The molecule has 2 saturated heterocycles. The average Bonchev–Trinajstić information content (AvgIpc) is 3.10. The fourth-order valence-corrected chi connectivity index (χ4v) is 4.18. The fourth-order valence-electron chi connectivity index (χ4n) is 4.18. The zero-order valence-corrected chi connectivity index (χ0v) is 14.8. The van der Waals surface area contributed by atoms with Crippen LogP contribution in [0.15, 0.2) is 17.1 Å². The normalized spacial score (nSPS) is 30.0. The van der Waals surface area contributed by atoms with Crippen LogP contribution in [0.3, 0.4) is 0 Å². The van der Waals surface area contributed by atoms with Crippen LogP contribution < -0.4 is 5.32 Å². The highest BCUT2D eigenvalue weighted by Crippen LogP contribution is 2.21. The van der Waals surface area contributed by atoms with Crippen molar-refractivity contribution in [3.8, 4) is 0 Å². The molecule has 3 aliphatic rings. The van der Waals surface area contributed by atoms with Crippen LogP contribution in [-0.2, 0) is 0 Å². The Morgan fingerprint density at radius 3 is 2.74 bits per heavy atom. The smallest absolute Gasteiger partial charge is 0.193 e. The van der Waals surface area contributed by atoms with Crippen LogP contribution in [0.5, 0.6) is 0 Å². The van der Waals surface area contributed by atoms with Gasteiger partial charge in [-0.2, -0.15) is 0 Å². The number of hydrogen-bond donors (Lipinski definition) is 1. The lowest BCUT2D eigenvalue weighted by Gasteiger charge is -2.32. The van der Waals surface area contributed by atoms with Gasteiger partial charge in [0.2, 0.25) is 0 Å². The maximum absolute atomic E-state index is 4.98. The first-order valence-electron chi connectivity index (χ1n) is 9.79. The second-order valence-corrected chi connectivity index (χ2v) is 7.33. The largest absolute Gasteiger partial charge is 0.357 e. The maximum atomic E-state index is 4.98. The van der Waals surface area contributed by atoms with Crippen LogP contribution in [0.2, 0.25) is 0 Å². The number of hydrogen-bond acceptors (Lipinski definition) is 2. The molecule has 0 amide bonds. The molecule has 130 valence electrons. The number of nitrogens with zero attached hydrogens (tertiary/aromatic N) is 3. The summed E-state index contributed by atoms with van der Waals surface area (Å²) in [5.74, 6) is 1.90. The van der Waals surface area contributed by atoms with E-state index >= 15 is 0 Å². The van der Waals surface area contributed by atoms with E-state index in [1.165, 1.54) is 58.0 Å². The van der Waals surface area contributed by atoms with Crippen molar-refractivity contribution < 1.29 is 0 Å². The molecular weight excluding hydrogens is 284 g/mol. The molecule has 0 bridgehead atoms. The summed E-state index contributed by atoms with van der Waals surface area (Å²) in [7, 11) is 0. The lowest BCUT2D eigenvalue weighted by Crippen LogP contribution is -2.44. The third kappa shape index (κ3) is 4.72. The van der Waals surface area contributed by atoms with Crippen molar-refractivity contribution in [1.29, 1.82) is 0 Å². The van der Waals surface area contributed by atoms with Crippen LogP contribution in [0, 0.1) is 5.92 Å². The topological polar surface area (TPSA) is 30.9 Å². The number of piperidine rings is 1. The van der Waals surface area contributed by atoms with Crippen molar-refractivity contribution in [3.63, 3.8) is 0 Å². The van der Waals surface area contributed by atoms with Gasteiger partial charge in [-0.1, -0.05) is 18.6 Å². The Balaban J connectivity index is 1.54. The molecule has 1 aliphatic carbocycles. The first-order valence-corrected chi connectivity index (χ1v) is 9.79. The lowest BCUT2D eigenvalue weighted by atomic mass is 9.95. The van der Waals surface area contributed by atoms with Crippen molar-refractivity contribution in [2.75, 3.05) is 39.3 Å². The quantitative estimate of drug-likeness (QED) is 0.491. The van der Waals surface area contributed by atoms with Gasteiger partial charge in [0.25, 0.3) is 0 Å². The Kier molecular flexibility index (Phi) is 6.37. The first kappa shape index (κ1) is 16.8. The molecule has 2 atom stereocenters. The second kappa shape index (κ2) is 8.72. The third-order valence-corrected chi connectivity index (χ3v) is 5.58. The van der Waals surface area contributed by atoms with E-state index in [0.29, 0.717) is 0 Å². The molecule has 2 heterocycles. The maximum Gasteiger partial charge on any atom is 0.193 e. The molecule has 1 N–H and O–H groups in total. The minimum atomic E-state index is 0.745. The Labute approximate surface area is 142 Å². The van der Waals surface area contributed by atoms with E-state index < -0.39 is 0 Å². The summed E-state index contributed by atoms with van der Waals surface area (Å²) < 4.78 is 0. The summed E-state index contributed by atoms with van der Waals surface area (Å²) in [6.07, 6.45) is 13.9. The van der Waals surface area contributed by atoms with E-state index in [1.807, 2.05) is 0 Å². The van der Waals surface area contributed by atoms with Gasteiger partial charge in [-0.15, -0.1) is 0 Å². The molecular formula is C19H34N4. The zero-order chi connectivity index (χ0) is 15.9. The van der Waals surface area contributed by atoms with Gasteiger partial charge in [0, 0.05) is 32.2 Å². The molecule has 0 spiro atoms. The van der Waals surface area contributed by atoms with Crippen molar-refractivity contribution in [1.82, 2.24) is 15.1 Å². The third-order valence-electron chi connectivity index (χ3n) is 5.58. The Morgan fingerprint density at radius 1 is 1.13 bits per heavy atom. The van der Waals surface area contributed by atoms with E-state index in [0.717, 1.165) is 44.1 Å². The highest BCUT2D eigenvalue weighted by atomic mass is 15.3. The number of aliphatic imine (C=N–C) groups is 1. The minimum Gasteiger partial charge on any atom is -0.357 e. The fraction of sp³-hybridized carbons (Fsp3) is 0.842. The Bertz CT molecular complexity index is 412. The second-order valence-electron chi connectivity index (χ2n) is 7.33. The van der Waals surface area contributed by atoms with E-state index in [9.17, 15) is 0 Å². The van der Waals surface area contributed by atoms with Crippen molar-refractivity contribution >= 4 is 5.96 Å². The van der Waals surface area contributed by atoms with Gasteiger partial charge in [-0.25, -0.2) is 0 Å². The highest BCUT2D eigenvalue weighted by molar-refractivity contribution is 5.80. The van der Waals surface area contributed by atoms with E-state index in [4.69, 9.17) is 4.99 Å². The number of nitrogens with one attached hydrogen (secondary N) is 1. The van der Waals surface area contributed by atoms with Gasteiger partial charge in [-0.3, -0.25) is 9.89 Å². The molecule has 0 aromatic heterocycles. The van der Waals surface area contributed by atoms with Gasteiger partial charge >= 0.3 is 0 Å². The molecule has 0 saturated carbocycles. The number of likely N-dealkylation sites (tertiary alicyclic amines) is 2. The van der Waals surface area contributed by atoms with Crippen LogP contribution in [-0.4, -0.2) is 61.1 Å². The monoisotopic (exact) mass is 318 g/mol. The lowest BCUT2D eigenvalue weighted by molar-refractivity contribution is 0.168. The molecule has 23 heavy (non-hydrogen) atoms. The summed E-state index contributed by atoms with van der Waals surface area (Å²) in [4.78, 5) is 10.2. The van der Waals surface area contributed by atoms with Crippen molar-refractivity contribution in [2.24, 2.45) is 10.9 Å². The average molecular weight is 319 g/mol. The predicted octanol–water partition coefficient (Wildman–Crippen LogP) is 2.87. The summed E-state index contributed by atoms with van der Waals surface area (Å²) in [5, 5.41) is 3.53. The summed E-state index contributed by atoms with van der Waals surface area (Å²) >= 11 is 0. The van der Waals surface area contributed by atoms with Gasteiger partial charge in [0.1, 0.15) is 0 Å². The van der Waals surface area contributed by atoms with Crippen LogP contribution in [0.1, 0.15) is 51.9 Å².